The normalized spacial score (nSPS) is 13.1. The van der Waals surface area contributed by atoms with Crippen LogP contribution < -0.4 is 0 Å². The summed E-state index contributed by atoms with van der Waals surface area (Å²) in [6.07, 6.45) is 0. The molecule has 42 heavy (non-hydrogen) atoms. The summed E-state index contributed by atoms with van der Waals surface area (Å²) in [5, 5.41) is 13.5. The lowest BCUT2D eigenvalue weighted by atomic mass is 9.91. The number of benzene rings is 9. The molecule has 9 aromatic carbocycles. The van der Waals surface area contributed by atoms with Crippen molar-refractivity contribution in [3.05, 3.63) is 158 Å². The Kier molecular flexibility index (Phi) is 4.21. The Morgan fingerprint density at radius 1 is 0.262 bits per heavy atom. The Morgan fingerprint density at radius 3 is 1.33 bits per heavy atom. The van der Waals surface area contributed by atoms with E-state index in [-0.39, 0.29) is 24.2 Å². The summed E-state index contributed by atoms with van der Waals surface area (Å²) in [7, 11) is 0. The second kappa shape index (κ2) is 9.03. The number of hydrogen-bond donors (Lipinski definition) is 0. The minimum atomic E-state index is -0.0366. The molecule has 0 nitrogen and oxygen atoms in total. The molecule has 0 saturated carbocycles. The topological polar surface area (TPSA) is 0 Å². The van der Waals surface area contributed by atoms with Crippen LogP contribution in [-0.4, -0.2) is 0 Å². The molecule has 0 radical (unpaired) electrons. The minimum Gasteiger partial charge on any atom is -0.0616 e. The van der Waals surface area contributed by atoms with E-state index in [0.29, 0.717) is 22.3 Å². The van der Waals surface area contributed by atoms with Gasteiger partial charge in [-0.15, -0.1) is 0 Å². The van der Waals surface area contributed by atoms with E-state index in [4.69, 9.17) is 5.48 Å². The van der Waals surface area contributed by atoms with Gasteiger partial charge in [0.1, 0.15) is 0 Å². The highest BCUT2D eigenvalue weighted by Crippen LogP contribution is 2.38. The van der Waals surface area contributed by atoms with Crippen LogP contribution in [0.15, 0.2) is 158 Å². The van der Waals surface area contributed by atoms with Gasteiger partial charge in [-0.1, -0.05) is 133 Å². The van der Waals surface area contributed by atoms with E-state index in [9.17, 15) is 0 Å². The fraction of sp³-hybridized carbons (Fsp3) is 0. The standard InChI is InChI=1S/C42H26/c1-2-8-30-25-41-34(23-29(30)7-1)18-17-33-24-31(19-21-35(33)41)27-13-15-28(16-14-27)32-20-22-40-38-11-4-3-9-36(38)37-10-5-6-12-39(37)42(40)26-32/h1-26H/i13D,14D,15D,16D. The van der Waals surface area contributed by atoms with Gasteiger partial charge in [0.2, 0.25) is 0 Å². The zero-order chi connectivity index (χ0) is 31.1. The van der Waals surface area contributed by atoms with E-state index >= 15 is 0 Å². The summed E-state index contributed by atoms with van der Waals surface area (Å²) in [5.41, 5.74) is 1.98. The highest BCUT2D eigenvalue weighted by atomic mass is 14.1. The first-order valence-electron chi connectivity index (χ1n) is 16.3. The smallest absolute Gasteiger partial charge is 0.0616 e. The first-order valence-corrected chi connectivity index (χ1v) is 14.3. The molecule has 0 fully saturated rings. The molecule has 9 aromatic rings. The molecule has 0 bridgehead atoms. The molecule has 0 spiro atoms. The van der Waals surface area contributed by atoms with Crippen LogP contribution in [0.5, 0.6) is 0 Å². The van der Waals surface area contributed by atoms with Crippen LogP contribution in [0, 0.1) is 0 Å². The lowest BCUT2D eigenvalue weighted by Crippen LogP contribution is -1.85. The average Bonchev–Trinajstić information content (AvgIpc) is 3.10. The van der Waals surface area contributed by atoms with E-state index in [1.165, 1.54) is 16.2 Å². The molecule has 194 valence electrons. The predicted octanol–water partition coefficient (Wildman–Crippen LogP) is 11.9. The van der Waals surface area contributed by atoms with Gasteiger partial charge in [0, 0.05) is 0 Å². The summed E-state index contributed by atoms with van der Waals surface area (Å²) in [4.78, 5) is 0. The van der Waals surface area contributed by atoms with Crippen LogP contribution in [0.25, 0.3) is 86.9 Å². The molecule has 0 saturated heterocycles. The molecule has 0 aromatic heterocycles. The SMILES string of the molecule is [2H]c1c([2H])c(-c2ccc3c4ccccc4c4ccccc4c3c2)c([2H])c([2H])c1-c1ccc2c(ccc3cc4ccccc4cc32)c1. The Labute approximate surface area is 249 Å². The molecule has 0 heterocycles. The molecule has 0 aliphatic heterocycles. The van der Waals surface area contributed by atoms with Crippen LogP contribution in [-0.2, 0) is 0 Å². The maximum atomic E-state index is 9.12. The molecule has 0 atom stereocenters. The van der Waals surface area contributed by atoms with Crippen molar-refractivity contribution < 1.29 is 5.48 Å². The molecule has 0 aliphatic rings. The van der Waals surface area contributed by atoms with Crippen molar-refractivity contribution in [2.75, 3.05) is 0 Å². The van der Waals surface area contributed by atoms with Gasteiger partial charge in [-0.3, -0.25) is 0 Å². The highest BCUT2D eigenvalue weighted by molar-refractivity contribution is 6.25. The summed E-state index contributed by atoms with van der Waals surface area (Å²) in [5.74, 6) is 0. The van der Waals surface area contributed by atoms with Crippen LogP contribution in [0.1, 0.15) is 5.48 Å². The Bertz CT molecular complexity index is 2680. The zero-order valence-electron chi connectivity index (χ0n) is 26.7. The molecular formula is C42H26. The van der Waals surface area contributed by atoms with Gasteiger partial charge in [0.15, 0.2) is 0 Å². The van der Waals surface area contributed by atoms with Gasteiger partial charge < -0.3 is 0 Å². The van der Waals surface area contributed by atoms with E-state index < -0.39 is 0 Å². The second-order valence-electron chi connectivity index (χ2n) is 11.0. The first kappa shape index (κ1) is 19.6. The van der Waals surface area contributed by atoms with Crippen molar-refractivity contribution >= 4 is 64.6 Å². The molecular weight excluding hydrogens is 504 g/mol. The summed E-state index contributed by atoms with van der Waals surface area (Å²) < 4.78 is 36.4. The molecule has 9 rings (SSSR count). The van der Waals surface area contributed by atoms with Crippen LogP contribution in [0.2, 0.25) is 0 Å². The van der Waals surface area contributed by atoms with Gasteiger partial charge in [0.25, 0.3) is 0 Å². The largest absolute Gasteiger partial charge is 0.0629 e. The third kappa shape index (κ3) is 3.56. The number of fused-ring (bicyclic) bond motifs is 10. The maximum absolute atomic E-state index is 9.12. The van der Waals surface area contributed by atoms with Gasteiger partial charge in [-0.05, 0) is 111 Å². The van der Waals surface area contributed by atoms with Crippen LogP contribution in [0.3, 0.4) is 0 Å². The van der Waals surface area contributed by atoms with E-state index in [0.717, 1.165) is 48.5 Å². The lowest BCUT2D eigenvalue weighted by molar-refractivity contribution is 1.62. The van der Waals surface area contributed by atoms with E-state index in [1.807, 2.05) is 54.6 Å². The van der Waals surface area contributed by atoms with E-state index in [1.54, 1.807) is 0 Å². The van der Waals surface area contributed by atoms with Crippen molar-refractivity contribution in [2.45, 2.75) is 0 Å². The van der Waals surface area contributed by atoms with Crippen molar-refractivity contribution in [1.29, 1.82) is 0 Å². The van der Waals surface area contributed by atoms with Crippen molar-refractivity contribution in [3.63, 3.8) is 0 Å². The van der Waals surface area contributed by atoms with Crippen molar-refractivity contribution in [1.82, 2.24) is 0 Å². The Hall–Kier alpha value is -5.46. The van der Waals surface area contributed by atoms with Gasteiger partial charge in [-0.2, -0.15) is 0 Å². The molecule has 0 aliphatic carbocycles. The second-order valence-corrected chi connectivity index (χ2v) is 11.0. The monoisotopic (exact) mass is 534 g/mol. The predicted molar refractivity (Wildman–Crippen MR) is 182 cm³/mol. The first-order chi connectivity index (χ1) is 22.5. The minimum absolute atomic E-state index is 0.0365. The zero-order valence-corrected chi connectivity index (χ0v) is 22.7. The van der Waals surface area contributed by atoms with Gasteiger partial charge in [0.05, 0.1) is 5.48 Å². The van der Waals surface area contributed by atoms with Crippen LogP contribution in [0.4, 0.5) is 0 Å². The number of hydrogen-bond acceptors (Lipinski definition) is 0. The van der Waals surface area contributed by atoms with Gasteiger partial charge >= 0.3 is 0 Å². The fourth-order valence-electron chi connectivity index (χ4n) is 6.57. The molecule has 0 unspecified atom stereocenters. The summed E-state index contributed by atoms with van der Waals surface area (Å²) in [6.45, 7) is 0. The van der Waals surface area contributed by atoms with Crippen molar-refractivity contribution in [2.24, 2.45) is 0 Å². The molecule has 0 N–H and O–H groups in total. The van der Waals surface area contributed by atoms with Gasteiger partial charge in [-0.25, -0.2) is 0 Å². The fourth-order valence-corrected chi connectivity index (χ4v) is 6.57. The average molecular weight is 535 g/mol. The van der Waals surface area contributed by atoms with E-state index in [2.05, 4.69) is 78.9 Å². The highest BCUT2D eigenvalue weighted by Gasteiger charge is 2.10. The summed E-state index contributed by atoms with van der Waals surface area (Å²) in [6, 6.07) is 45.4. The third-order valence-electron chi connectivity index (χ3n) is 8.65. The Balaban J connectivity index is 1.22. The summed E-state index contributed by atoms with van der Waals surface area (Å²) >= 11 is 0. The maximum Gasteiger partial charge on any atom is 0.0629 e. The van der Waals surface area contributed by atoms with Crippen LogP contribution >= 0.6 is 0 Å². The van der Waals surface area contributed by atoms with Crippen molar-refractivity contribution in [3.8, 4) is 22.3 Å². The molecule has 0 heteroatoms. The number of rotatable bonds is 2. The Morgan fingerprint density at radius 2 is 0.714 bits per heavy atom. The molecule has 0 amide bonds. The quantitative estimate of drug-likeness (QED) is 0.153. The third-order valence-corrected chi connectivity index (χ3v) is 8.65. The lowest BCUT2D eigenvalue weighted by Gasteiger charge is -2.12.